The van der Waals surface area contributed by atoms with Gasteiger partial charge in [0, 0.05) is 17.3 Å². The summed E-state index contributed by atoms with van der Waals surface area (Å²) < 4.78 is 65.4. The number of benzene rings is 2. The van der Waals surface area contributed by atoms with Crippen molar-refractivity contribution >= 4 is 21.6 Å². The zero-order chi connectivity index (χ0) is 21.1. The van der Waals surface area contributed by atoms with Gasteiger partial charge < -0.3 is 5.32 Å². The smallest absolute Gasteiger partial charge is 0.322 e. The number of anilines is 1. The summed E-state index contributed by atoms with van der Waals surface area (Å²) in [5.74, 6) is -0.588. The molecule has 0 aromatic heterocycles. The molecule has 0 bridgehead atoms. The normalized spacial score (nSPS) is 15.8. The fraction of sp³-hybridized carbons (Fsp3) is 0.350. The van der Waals surface area contributed by atoms with Gasteiger partial charge in [-0.2, -0.15) is 13.2 Å². The van der Waals surface area contributed by atoms with Gasteiger partial charge in [0.1, 0.15) is 0 Å². The molecule has 5 nitrogen and oxygen atoms in total. The van der Waals surface area contributed by atoms with Gasteiger partial charge in [-0.05, 0) is 61.4 Å². The maximum Gasteiger partial charge on any atom is 0.416 e. The molecule has 9 heteroatoms. The summed E-state index contributed by atoms with van der Waals surface area (Å²) >= 11 is 0. The van der Waals surface area contributed by atoms with E-state index in [0.717, 1.165) is 56.4 Å². The predicted molar refractivity (Wildman–Crippen MR) is 103 cm³/mol. The van der Waals surface area contributed by atoms with Crippen molar-refractivity contribution in [3.63, 3.8) is 0 Å². The summed E-state index contributed by atoms with van der Waals surface area (Å²) in [7, 11) is -3.65. The number of alkyl halides is 3. The van der Waals surface area contributed by atoms with Gasteiger partial charge in [-0.15, -0.1) is 0 Å². The van der Waals surface area contributed by atoms with Crippen molar-refractivity contribution in [2.45, 2.75) is 49.2 Å². The van der Waals surface area contributed by atoms with Gasteiger partial charge in [0.05, 0.1) is 10.5 Å². The van der Waals surface area contributed by atoms with Crippen LogP contribution in [-0.4, -0.2) is 20.4 Å². The molecule has 0 radical (unpaired) electrons. The van der Waals surface area contributed by atoms with Crippen molar-refractivity contribution in [3.8, 4) is 0 Å². The Morgan fingerprint density at radius 1 is 0.897 bits per heavy atom. The highest BCUT2D eigenvalue weighted by Gasteiger charge is 2.30. The quantitative estimate of drug-likeness (QED) is 0.736. The van der Waals surface area contributed by atoms with Gasteiger partial charge in [-0.3, -0.25) is 4.79 Å². The van der Waals surface area contributed by atoms with Crippen LogP contribution in [0.4, 0.5) is 18.9 Å². The predicted octanol–water partition coefficient (Wildman–Crippen LogP) is 4.57. The number of carbonyl (C=O) groups is 1. The third kappa shape index (κ3) is 5.57. The monoisotopic (exact) mass is 426 g/mol. The van der Waals surface area contributed by atoms with Crippen LogP contribution in [-0.2, 0) is 16.2 Å². The van der Waals surface area contributed by atoms with E-state index < -0.39 is 27.7 Å². The molecule has 2 aromatic carbocycles. The first-order valence-corrected chi connectivity index (χ1v) is 10.7. The molecule has 1 saturated carbocycles. The Hall–Kier alpha value is -2.39. The lowest BCUT2D eigenvalue weighted by atomic mass is 9.96. The van der Waals surface area contributed by atoms with E-state index in [1.165, 1.54) is 24.3 Å². The SMILES string of the molecule is O=C(Nc1ccc(S(=O)(=O)NC2CCCCC2)cc1)c1ccc(C(F)(F)F)cc1. The fourth-order valence-corrected chi connectivity index (χ4v) is 4.54. The van der Waals surface area contributed by atoms with Crippen LogP contribution in [0.25, 0.3) is 0 Å². The molecular weight excluding hydrogens is 405 g/mol. The number of hydrogen-bond donors (Lipinski definition) is 2. The highest BCUT2D eigenvalue weighted by atomic mass is 32.2. The molecular formula is C20H21F3N2O3S. The second kappa shape index (κ2) is 8.54. The van der Waals surface area contributed by atoms with Gasteiger partial charge in [0.25, 0.3) is 5.91 Å². The first-order chi connectivity index (χ1) is 13.6. The standard InChI is InChI=1S/C20H21F3N2O3S/c21-20(22,23)15-8-6-14(7-9-15)19(26)24-16-10-12-18(13-11-16)29(27,28)25-17-4-2-1-3-5-17/h6-13,17,25H,1-5H2,(H,24,26). The number of nitrogens with one attached hydrogen (secondary N) is 2. The average molecular weight is 426 g/mol. The van der Waals surface area contributed by atoms with Crippen molar-refractivity contribution in [3.05, 3.63) is 59.7 Å². The Bertz CT molecular complexity index is 950. The highest BCUT2D eigenvalue weighted by molar-refractivity contribution is 7.89. The Morgan fingerprint density at radius 2 is 1.48 bits per heavy atom. The lowest BCUT2D eigenvalue weighted by Crippen LogP contribution is -2.36. The molecule has 0 unspecified atom stereocenters. The molecule has 0 saturated heterocycles. The second-order valence-electron chi connectivity index (χ2n) is 7.01. The zero-order valence-corrected chi connectivity index (χ0v) is 16.3. The molecule has 3 rings (SSSR count). The van der Waals surface area contributed by atoms with E-state index in [-0.39, 0.29) is 16.5 Å². The second-order valence-corrected chi connectivity index (χ2v) is 8.72. The first-order valence-electron chi connectivity index (χ1n) is 9.26. The van der Waals surface area contributed by atoms with E-state index in [4.69, 9.17) is 0 Å². The molecule has 2 N–H and O–H groups in total. The number of sulfonamides is 1. The molecule has 0 aliphatic heterocycles. The summed E-state index contributed by atoms with van der Waals surface area (Å²) in [5, 5.41) is 2.54. The first kappa shape index (κ1) is 21.3. The number of carbonyl (C=O) groups excluding carboxylic acids is 1. The largest absolute Gasteiger partial charge is 0.416 e. The lowest BCUT2D eigenvalue weighted by molar-refractivity contribution is -0.137. The van der Waals surface area contributed by atoms with E-state index >= 15 is 0 Å². The molecule has 0 spiro atoms. The Kier molecular flexibility index (Phi) is 6.28. The molecule has 1 aliphatic carbocycles. The third-order valence-electron chi connectivity index (χ3n) is 4.82. The van der Waals surface area contributed by atoms with Crippen LogP contribution in [0.1, 0.15) is 48.0 Å². The van der Waals surface area contributed by atoms with E-state index in [9.17, 15) is 26.4 Å². The molecule has 1 aliphatic rings. The third-order valence-corrected chi connectivity index (χ3v) is 6.36. The van der Waals surface area contributed by atoms with Crippen LogP contribution in [0.3, 0.4) is 0 Å². The Morgan fingerprint density at radius 3 is 2.03 bits per heavy atom. The zero-order valence-electron chi connectivity index (χ0n) is 15.5. The molecule has 2 aromatic rings. The maximum atomic E-state index is 12.6. The molecule has 29 heavy (non-hydrogen) atoms. The number of amides is 1. The van der Waals surface area contributed by atoms with Gasteiger partial charge in [-0.25, -0.2) is 13.1 Å². The maximum absolute atomic E-state index is 12.6. The molecule has 0 atom stereocenters. The summed E-state index contributed by atoms with van der Waals surface area (Å²) in [6, 6.07) is 9.43. The topological polar surface area (TPSA) is 75.3 Å². The molecule has 1 amide bonds. The van der Waals surface area contributed by atoms with Crippen LogP contribution in [0.5, 0.6) is 0 Å². The van der Waals surface area contributed by atoms with Crippen LogP contribution in [0.2, 0.25) is 0 Å². The Labute approximate surface area is 167 Å². The number of hydrogen-bond acceptors (Lipinski definition) is 3. The minimum absolute atomic E-state index is 0.0622. The van der Waals surface area contributed by atoms with Crippen molar-refractivity contribution in [1.82, 2.24) is 4.72 Å². The Balaban J connectivity index is 1.64. The minimum Gasteiger partial charge on any atom is -0.322 e. The summed E-state index contributed by atoms with van der Waals surface area (Å²) in [6.07, 6.45) is 0.290. The van der Waals surface area contributed by atoms with Crippen LogP contribution in [0, 0.1) is 0 Å². The lowest BCUT2D eigenvalue weighted by Gasteiger charge is -2.22. The van der Waals surface area contributed by atoms with Crippen LogP contribution >= 0.6 is 0 Å². The van der Waals surface area contributed by atoms with Crippen molar-refractivity contribution in [2.75, 3.05) is 5.32 Å². The van der Waals surface area contributed by atoms with Gasteiger partial charge in [0.2, 0.25) is 10.0 Å². The van der Waals surface area contributed by atoms with Crippen LogP contribution < -0.4 is 10.0 Å². The van der Waals surface area contributed by atoms with Gasteiger partial charge >= 0.3 is 6.18 Å². The minimum atomic E-state index is -4.47. The summed E-state index contributed by atoms with van der Waals surface area (Å²) in [6.45, 7) is 0. The van der Waals surface area contributed by atoms with E-state index in [0.29, 0.717) is 5.69 Å². The van der Waals surface area contributed by atoms with Crippen LogP contribution in [0.15, 0.2) is 53.4 Å². The van der Waals surface area contributed by atoms with E-state index in [1.807, 2.05) is 0 Å². The number of rotatable bonds is 5. The highest BCUT2D eigenvalue weighted by Crippen LogP contribution is 2.29. The van der Waals surface area contributed by atoms with Gasteiger partial charge in [-0.1, -0.05) is 19.3 Å². The van der Waals surface area contributed by atoms with E-state index in [1.54, 1.807) is 0 Å². The van der Waals surface area contributed by atoms with Crippen molar-refractivity contribution in [2.24, 2.45) is 0 Å². The number of halogens is 3. The average Bonchev–Trinajstić information content (AvgIpc) is 2.68. The molecule has 1 fully saturated rings. The van der Waals surface area contributed by atoms with Crippen molar-refractivity contribution in [1.29, 1.82) is 0 Å². The summed E-state index contributed by atoms with van der Waals surface area (Å²) in [5.41, 5.74) is -0.436. The molecule has 0 heterocycles. The molecule has 156 valence electrons. The van der Waals surface area contributed by atoms with Crippen molar-refractivity contribution < 1.29 is 26.4 Å². The van der Waals surface area contributed by atoms with E-state index in [2.05, 4.69) is 10.0 Å². The fourth-order valence-electron chi connectivity index (χ4n) is 3.24. The summed E-state index contributed by atoms with van der Waals surface area (Å²) in [4.78, 5) is 12.3. The van der Waals surface area contributed by atoms with Gasteiger partial charge in [0.15, 0.2) is 0 Å².